The first kappa shape index (κ1) is 19.1. The lowest BCUT2D eigenvalue weighted by Gasteiger charge is -2.33. The van der Waals surface area contributed by atoms with E-state index in [1.165, 1.54) is 0 Å². The van der Waals surface area contributed by atoms with E-state index in [-0.39, 0.29) is 24.5 Å². The van der Waals surface area contributed by atoms with Gasteiger partial charge >= 0.3 is 0 Å². The van der Waals surface area contributed by atoms with Crippen LogP contribution in [0.4, 0.5) is 0 Å². The van der Waals surface area contributed by atoms with Crippen LogP contribution in [-0.4, -0.2) is 85.7 Å². The highest BCUT2D eigenvalue weighted by Crippen LogP contribution is 2.17. The van der Waals surface area contributed by atoms with Crippen LogP contribution in [0.5, 0.6) is 0 Å². The maximum Gasteiger partial charge on any atom is 0.242 e. The molecule has 24 heavy (non-hydrogen) atoms. The zero-order chi connectivity index (χ0) is 17.4. The van der Waals surface area contributed by atoms with Crippen LogP contribution >= 0.6 is 0 Å². The van der Waals surface area contributed by atoms with Gasteiger partial charge in [-0.15, -0.1) is 0 Å². The van der Waals surface area contributed by atoms with Gasteiger partial charge in [0.25, 0.3) is 0 Å². The van der Waals surface area contributed by atoms with Gasteiger partial charge in [0.1, 0.15) is 6.04 Å². The molecule has 2 saturated heterocycles. The lowest BCUT2D eigenvalue weighted by molar-refractivity contribution is -0.129. The molecule has 2 rings (SSSR count). The van der Waals surface area contributed by atoms with Gasteiger partial charge in [0.15, 0.2) is 0 Å². The van der Waals surface area contributed by atoms with E-state index in [1.807, 2.05) is 7.05 Å². The van der Waals surface area contributed by atoms with E-state index in [0.29, 0.717) is 19.0 Å². The Kier molecular flexibility index (Phi) is 7.94. The van der Waals surface area contributed by atoms with Gasteiger partial charge in [-0.1, -0.05) is 0 Å². The lowest BCUT2D eigenvalue weighted by Crippen LogP contribution is -2.48. The summed E-state index contributed by atoms with van der Waals surface area (Å²) in [7, 11) is 1.97. The average Bonchev–Trinajstić information content (AvgIpc) is 2.74. The largest absolute Gasteiger partial charge is 0.395 e. The molecule has 7 heteroatoms. The molecule has 0 bridgehead atoms. The Balaban J connectivity index is 1.67. The molecule has 0 radical (unpaired) electrons. The topological polar surface area (TPSA) is 84.9 Å². The van der Waals surface area contributed by atoms with Crippen molar-refractivity contribution in [2.24, 2.45) is 5.92 Å². The van der Waals surface area contributed by atoms with Gasteiger partial charge in [-0.25, -0.2) is 0 Å². The number of carbonyl (C=O) groups excluding carboxylic acids is 2. The molecule has 1 unspecified atom stereocenters. The molecule has 2 fully saturated rings. The lowest BCUT2D eigenvalue weighted by atomic mass is 9.96. The van der Waals surface area contributed by atoms with Crippen molar-refractivity contribution in [2.45, 2.75) is 38.1 Å². The Morgan fingerprint density at radius 1 is 1.33 bits per heavy atom. The van der Waals surface area contributed by atoms with Crippen molar-refractivity contribution < 1.29 is 14.7 Å². The molecule has 0 aromatic rings. The molecule has 138 valence electrons. The van der Waals surface area contributed by atoms with E-state index in [0.717, 1.165) is 58.3 Å². The van der Waals surface area contributed by atoms with Crippen LogP contribution in [0.3, 0.4) is 0 Å². The summed E-state index contributed by atoms with van der Waals surface area (Å²) in [5.41, 5.74) is 0. The van der Waals surface area contributed by atoms with Crippen LogP contribution in [-0.2, 0) is 9.59 Å². The maximum absolute atomic E-state index is 12.2. The summed E-state index contributed by atoms with van der Waals surface area (Å²) in [6.07, 6.45) is 4.89. The summed E-state index contributed by atoms with van der Waals surface area (Å²) in [6.45, 7) is 4.97. The minimum absolute atomic E-state index is 0.0558. The third-order valence-corrected chi connectivity index (χ3v) is 4.98. The molecule has 0 aromatic carbocycles. The summed E-state index contributed by atoms with van der Waals surface area (Å²) in [6, 6.07) is -0.380. The number of amides is 2. The summed E-state index contributed by atoms with van der Waals surface area (Å²) in [4.78, 5) is 28.4. The third kappa shape index (κ3) is 6.37. The second-order valence-corrected chi connectivity index (χ2v) is 7.11. The first-order chi connectivity index (χ1) is 11.6. The molecule has 0 aromatic heterocycles. The summed E-state index contributed by atoms with van der Waals surface area (Å²) in [5.74, 6) is 0.468. The smallest absolute Gasteiger partial charge is 0.242 e. The number of β-amino-alcohol motifs (C(OH)–C–C–N with tert-alkyl or cyclic N) is 1. The van der Waals surface area contributed by atoms with Crippen LogP contribution in [0.2, 0.25) is 0 Å². The number of likely N-dealkylation sites (tertiary alicyclic amines) is 1. The monoisotopic (exact) mass is 340 g/mol. The normalized spacial score (nSPS) is 23.8. The number of rotatable bonds is 7. The predicted octanol–water partition coefficient (Wildman–Crippen LogP) is -0.593. The Morgan fingerprint density at radius 3 is 2.79 bits per heavy atom. The molecule has 0 saturated carbocycles. The highest BCUT2D eigenvalue weighted by atomic mass is 16.3. The van der Waals surface area contributed by atoms with Gasteiger partial charge in [-0.3, -0.25) is 14.5 Å². The minimum Gasteiger partial charge on any atom is -0.395 e. The number of piperidine rings is 1. The van der Waals surface area contributed by atoms with E-state index in [1.54, 1.807) is 0 Å². The quantitative estimate of drug-likeness (QED) is 0.577. The van der Waals surface area contributed by atoms with Crippen LogP contribution in [0.25, 0.3) is 0 Å². The van der Waals surface area contributed by atoms with Crippen molar-refractivity contribution >= 4 is 11.8 Å². The molecule has 2 aliphatic heterocycles. The molecule has 3 N–H and O–H groups in total. The van der Waals surface area contributed by atoms with E-state index in [9.17, 15) is 9.59 Å². The van der Waals surface area contributed by atoms with Gasteiger partial charge in [-0.2, -0.15) is 0 Å². The molecule has 0 spiro atoms. The minimum atomic E-state index is -0.380. The maximum atomic E-state index is 12.2. The highest BCUT2D eigenvalue weighted by molar-refractivity contribution is 5.88. The Hall–Kier alpha value is -1.18. The molecule has 7 nitrogen and oxygen atoms in total. The van der Waals surface area contributed by atoms with Gasteiger partial charge in [0.05, 0.1) is 13.2 Å². The summed E-state index contributed by atoms with van der Waals surface area (Å²) < 4.78 is 0. The van der Waals surface area contributed by atoms with Crippen LogP contribution in [0, 0.1) is 5.92 Å². The SMILES string of the molecule is CN(CC(=O)NC1CCCCNC1=O)CC1CCN(CCO)CC1. The molecule has 0 aliphatic carbocycles. The van der Waals surface area contributed by atoms with E-state index in [2.05, 4.69) is 20.4 Å². The zero-order valence-electron chi connectivity index (χ0n) is 14.8. The number of carbonyl (C=O) groups is 2. The van der Waals surface area contributed by atoms with Crippen molar-refractivity contribution in [3.05, 3.63) is 0 Å². The number of aliphatic hydroxyl groups excluding tert-OH is 1. The van der Waals surface area contributed by atoms with Crippen molar-refractivity contribution in [3.63, 3.8) is 0 Å². The fourth-order valence-electron chi connectivity index (χ4n) is 3.60. The van der Waals surface area contributed by atoms with Gasteiger partial charge in [0, 0.05) is 19.6 Å². The standard InChI is InChI=1S/C17H32N4O3/c1-20(12-14-5-8-21(9-6-14)10-11-22)13-16(23)19-15-4-2-3-7-18-17(15)24/h14-15,22H,2-13H2,1H3,(H,18,24)(H,19,23). The first-order valence-electron chi connectivity index (χ1n) is 9.17. The van der Waals surface area contributed by atoms with Crippen molar-refractivity contribution in [2.75, 3.05) is 52.9 Å². The number of likely N-dealkylation sites (N-methyl/N-ethyl adjacent to an activating group) is 1. The Labute approximate surface area is 144 Å². The average molecular weight is 340 g/mol. The van der Waals surface area contributed by atoms with Crippen LogP contribution in [0.1, 0.15) is 32.1 Å². The molecule has 1 atom stereocenters. The third-order valence-electron chi connectivity index (χ3n) is 4.98. The second-order valence-electron chi connectivity index (χ2n) is 7.11. The number of hydrogen-bond acceptors (Lipinski definition) is 5. The van der Waals surface area contributed by atoms with E-state index < -0.39 is 0 Å². The highest BCUT2D eigenvalue weighted by Gasteiger charge is 2.24. The van der Waals surface area contributed by atoms with E-state index >= 15 is 0 Å². The van der Waals surface area contributed by atoms with Crippen molar-refractivity contribution in [1.29, 1.82) is 0 Å². The number of aliphatic hydroxyl groups is 1. The van der Waals surface area contributed by atoms with Crippen molar-refractivity contribution in [1.82, 2.24) is 20.4 Å². The fourth-order valence-corrected chi connectivity index (χ4v) is 3.60. The van der Waals surface area contributed by atoms with Crippen LogP contribution < -0.4 is 10.6 Å². The fraction of sp³-hybridized carbons (Fsp3) is 0.882. The molecule has 2 heterocycles. The Morgan fingerprint density at radius 2 is 2.08 bits per heavy atom. The number of nitrogens with one attached hydrogen (secondary N) is 2. The van der Waals surface area contributed by atoms with Crippen LogP contribution in [0.15, 0.2) is 0 Å². The number of hydrogen-bond donors (Lipinski definition) is 3. The molecule has 2 aliphatic rings. The van der Waals surface area contributed by atoms with Gasteiger partial charge in [-0.05, 0) is 58.2 Å². The van der Waals surface area contributed by atoms with Gasteiger partial charge < -0.3 is 20.6 Å². The Bertz CT molecular complexity index is 411. The second kappa shape index (κ2) is 9.96. The zero-order valence-corrected chi connectivity index (χ0v) is 14.8. The number of nitrogens with zero attached hydrogens (tertiary/aromatic N) is 2. The molecular formula is C17H32N4O3. The van der Waals surface area contributed by atoms with Crippen molar-refractivity contribution in [3.8, 4) is 0 Å². The molecular weight excluding hydrogens is 308 g/mol. The molecule has 2 amide bonds. The van der Waals surface area contributed by atoms with E-state index in [4.69, 9.17) is 5.11 Å². The summed E-state index contributed by atoms with van der Waals surface area (Å²) >= 11 is 0. The summed E-state index contributed by atoms with van der Waals surface area (Å²) in [5, 5.41) is 14.7. The predicted molar refractivity (Wildman–Crippen MR) is 92.5 cm³/mol. The first-order valence-corrected chi connectivity index (χ1v) is 9.17. The van der Waals surface area contributed by atoms with Gasteiger partial charge in [0.2, 0.25) is 11.8 Å².